The maximum absolute atomic E-state index is 12.8. The predicted octanol–water partition coefficient (Wildman–Crippen LogP) is 1.74. The van der Waals surface area contributed by atoms with E-state index in [2.05, 4.69) is 10.6 Å². The molecule has 11 heteroatoms. The van der Waals surface area contributed by atoms with Gasteiger partial charge >= 0.3 is 0 Å². The molecule has 3 aromatic rings. The molecule has 36 heavy (non-hydrogen) atoms. The molecule has 188 valence electrons. The van der Waals surface area contributed by atoms with Crippen LogP contribution in [-0.4, -0.2) is 41.6 Å². The quantitative estimate of drug-likeness (QED) is 0.297. The van der Waals surface area contributed by atoms with Gasteiger partial charge in [0.15, 0.2) is 17.3 Å². The number of primary amides is 1. The van der Waals surface area contributed by atoms with Crippen molar-refractivity contribution >= 4 is 23.4 Å². The van der Waals surface area contributed by atoms with E-state index in [9.17, 15) is 29.4 Å². The van der Waals surface area contributed by atoms with Crippen LogP contribution in [0.4, 0.5) is 5.69 Å². The smallest absolute Gasteiger partial charge is 0.248 e. The third-order valence-electron chi connectivity index (χ3n) is 5.28. The Balaban J connectivity index is 1.76. The molecule has 1 aromatic heterocycles. The number of rotatable bonds is 9. The van der Waals surface area contributed by atoms with Gasteiger partial charge in [0.05, 0.1) is 19.6 Å². The van der Waals surface area contributed by atoms with E-state index in [1.165, 1.54) is 56.5 Å². The Morgan fingerprint density at radius 1 is 1.06 bits per heavy atom. The summed E-state index contributed by atoms with van der Waals surface area (Å²) in [5.74, 6) is -3.21. The maximum Gasteiger partial charge on any atom is 0.248 e. The summed E-state index contributed by atoms with van der Waals surface area (Å²) in [5.41, 5.74) is 5.62. The van der Waals surface area contributed by atoms with Crippen molar-refractivity contribution in [2.45, 2.75) is 19.3 Å². The molecular formula is C25H25N3O8. The van der Waals surface area contributed by atoms with Gasteiger partial charge in [-0.25, -0.2) is 0 Å². The van der Waals surface area contributed by atoms with E-state index >= 15 is 0 Å². The van der Waals surface area contributed by atoms with E-state index in [1.807, 2.05) is 0 Å². The fraction of sp³-hybridized carbons (Fsp3) is 0.200. The number of benzene rings is 2. The highest BCUT2D eigenvalue weighted by molar-refractivity contribution is 5.96. The number of ether oxygens (including phenoxy) is 1. The number of hydrogen-bond acceptors (Lipinski definition) is 8. The molecule has 0 aliphatic carbocycles. The van der Waals surface area contributed by atoms with Crippen molar-refractivity contribution in [2.75, 3.05) is 19.0 Å². The first-order valence-electron chi connectivity index (χ1n) is 10.8. The molecule has 6 N–H and O–H groups in total. The van der Waals surface area contributed by atoms with Gasteiger partial charge in [-0.05, 0) is 48.9 Å². The van der Waals surface area contributed by atoms with Gasteiger partial charge in [0.2, 0.25) is 28.9 Å². The Bertz CT molecular complexity index is 1350. The summed E-state index contributed by atoms with van der Waals surface area (Å²) in [6, 6.07) is 11.3. The lowest BCUT2D eigenvalue weighted by molar-refractivity contribution is -0.124. The molecule has 0 spiro atoms. The number of phenolic OH excluding ortho intramolecular Hbond substituents is 1. The van der Waals surface area contributed by atoms with Gasteiger partial charge in [0.1, 0.15) is 5.76 Å². The lowest BCUT2D eigenvalue weighted by Gasteiger charge is -2.19. The molecule has 1 atom stereocenters. The summed E-state index contributed by atoms with van der Waals surface area (Å²) < 4.78 is 10.7. The van der Waals surface area contributed by atoms with E-state index in [0.717, 1.165) is 6.07 Å². The van der Waals surface area contributed by atoms with Crippen molar-refractivity contribution in [3.8, 4) is 17.2 Å². The number of aromatic hydroxyl groups is 2. The number of nitrogens with one attached hydrogen (secondary N) is 2. The third kappa shape index (κ3) is 6.20. The average Bonchev–Trinajstić information content (AvgIpc) is 2.84. The van der Waals surface area contributed by atoms with Gasteiger partial charge in [-0.3, -0.25) is 19.2 Å². The van der Waals surface area contributed by atoms with E-state index in [0.29, 0.717) is 11.3 Å². The van der Waals surface area contributed by atoms with Crippen molar-refractivity contribution in [1.82, 2.24) is 5.32 Å². The van der Waals surface area contributed by atoms with E-state index < -0.39 is 34.8 Å². The van der Waals surface area contributed by atoms with Crippen molar-refractivity contribution in [2.24, 2.45) is 5.73 Å². The van der Waals surface area contributed by atoms with Crippen molar-refractivity contribution in [1.29, 1.82) is 0 Å². The standard InChI is InChI=1S/C25H25N3O8/c1-13-9-19(30)23(33)24(36-13)17(15-5-8-18(29)20(10-15)35-2)11-21(31)27-12-22(32)28-16-6-3-14(4-7-16)25(26)34/h3-10,17,29,33H,11-12H2,1-2H3,(H2,26,34)(H,27,31)(H,28,32)/t17-/m0/s1. The first-order chi connectivity index (χ1) is 17.1. The van der Waals surface area contributed by atoms with Gasteiger partial charge < -0.3 is 35.7 Å². The molecule has 1 heterocycles. The molecule has 0 radical (unpaired) electrons. The summed E-state index contributed by atoms with van der Waals surface area (Å²) in [4.78, 5) is 48.3. The molecule has 11 nitrogen and oxygen atoms in total. The van der Waals surface area contributed by atoms with Crippen LogP contribution in [0.2, 0.25) is 0 Å². The molecule has 0 aliphatic rings. The van der Waals surface area contributed by atoms with Crippen LogP contribution in [0.5, 0.6) is 17.2 Å². The minimum absolute atomic E-state index is 0.120. The first kappa shape index (κ1) is 25.8. The molecular weight excluding hydrogens is 470 g/mol. The molecule has 2 aromatic carbocycles. The second-order valence-corrected chi connectivity index (χ2v) is 7.89. The van der Waals surface area contributed by atoms with Crippen molar-refractivity contribution < 1.29 is 33.8 Å². The van der Waals surface area contributed by atoms with Crippen LogP contribution >= 0.6 is 0 Å². The summed E-state index contributed by atoms with van der Waals surface area (Å²) in [6.45, 7) is 1.16. The molecule has 0 saturated carbocycles. The number of nitrogens with two attached hydrogens (primary N) is 1. The van der Waals surface area contributed by atoms with Crippen LogP contribution in [0.15, 0.2) is 57.7 Å². The summed E-state index contributed by atoms with van der Waals surface area (Å²) >= 11 is 0. The second-order valence-electron chi connectivity index (χ2n) is 7.89. The number of anilines is 1. The summed E-state index contributed by atoms with van der Waals surface area (Å²) in [6.07, 6.45) is -0.297. The molecule has 0 unspecified atom stereocenters. The van der Waals surface area contributed by atoms with Gasteiger partial charge in [0, 0.05) is 23.7 Å². The predicted molar refractivity (Wildman–Crippen MR) is 129 cm³/mol. The monoisotopic (exact) mass is 495 g/mol. The second kappa shape index (κ2) is 11.1. The van der Waals surface area contributed by atoms with E-state index in [-0.39, 0.29) is 41.5 Å². The van der Waals surface area contributed by atoms with Gasteiger partial charge in [0.25, 0.3) is 0 Å². The minimum Gasteiger partial charge on any atom is -0.504 e. The van der Waals surface area contributed by atoms with Crippen LogP contribution in [0.25, 0.3) is 0 Å². The van der Waals surface area contributed by atoms with Crippen LogP contribution in [0.1, 0.15) is 39.8 Å². The van der Waals surface area contributed by atoms with Crippen LogP contribution in [0, 0.1) is 6.92 Å². The molecule has 0 bridgehead atoms. The summed E-state index contributed by atoms with van der Waals surface area (Å²) in [5, 5.41) is 25.4. The fourth-order valence-corrected chi connectivity index (χ4v) is 3.49. The molecule has 0 saturated heterocycles. The number of methoxy groups -OCH3 is 1. The van der Waals surface area contributed by atoms with E-state index in [1.54, 1.807) is 0 Å². The van der Waals surface area contributed by atoms with Crippen molar-refractivity contribution in [3.05, 3.63) is 81.4 Å². The topological polar surface area (TPSA) is 181 Å². The van der Waals surface area contributed by atoms with Gasteiger partial charge in [-0.1, -0.05) is 6.07 Å². The largest absolute Gasteiger partial charge is 0.504 e. The number of carbonyl (C=O) groups excluding carboxylic acids is 3. The minimum atomic E-state index is -0.934. The number of phenols is 1. The Morgan fingerprint density at radius 3 is 2.39 bits per heavy atom. The summed E-state index contributed by atoms with van der Waals surface area (Å²) in [7, 11) is 1.35. The zero-order chi connectivity index (χ0) is 26.4. The number of hydrogen-bond donors (Lipinski definition) is 5. The normalized spacial score (nSPS) is 11.4. The fourth-order valence-electron chi connectivity index (χ4n) is 3.49. The van der Waals surface area contributed by atoms with Crippen LogP contribution in [-0.2, 0) is 9.59 Å². The van der Waals surface area contributed by atoms with Crippen molar-refractivity contribution in [3.63, 3.8) is 0 Å². The van der Waals surface area contributed by atoms with Gasteiger partial charge in [-0.15, -0.1) is 0 Å². The Labute approximate surface area is 205 Å². The highest BCUT2D eigenvalue weighted by Gasteiger charge is 2.27. The van der Waals surface area contributed by atoms with Gasteiger partial charge in [-0.2, -0.15) is 0 Å². The Morgan fingerprint density at radius 2 is 1.75 bits per heavy atom. The number of carbonyl (C=O) groups is 3. The molecule has 0 aliphatic heterocycles. The SMILES string of the molecule is COc1cc([C@H](CC(=O)NCC(=O)Nc2ccc(C(N)=O)cc2)c2oc(C)cc(=O)c2O)ccc1O. The third-order valence-corrected chi connectivity index (χ3v) is 5.28. The average molecular weight is 495 g/mol. The lowest BCUT2D eigenvalue weighted by Crippen LogP contribution is -2.33. The maximum atomic E-state index is 12.8. The first-order valence-corrected chi connectivity index (χ1v) is 10.8. The zero-order valence-electron chi connectivity index (χ0n) is 19.5. The highest BCUT2D eigenvalue weighted by atomic mass is 16.5. The number of amides is 3. The molecule has 3 rings (SSSR count). The lowest BCUT2D eigenvalue weighted by atomic mass is 9.91. The zero-order valence-corrected chi connectivity index (χ0v) is 19.5. The Kier molecular flexibility index (Phi) is 7.95. The highest BCUT2D eigenvalue weighted by Crippen LogP contribution is 2.37. The number of aryl methyl sites for hydroxylation is 1. The van der Waals surface area contributed by atoms with E-state index in [4.69, 9.17) is 14.9 Å². The van der Waals surface area contributed by atoms with Crippen LogP contribution < -0.4 is 26.5 Å². The molecule has 3 amide bonds. The van der Waals surface area contributed by atoms with Crippen LogP contribution in [0.3, 0.4) is 0 Å². The Hall–Kier alpha value is -4.80. The molecule has 0 fully saturated rings.